The molecule has 2 rings (SSSR count). The van der Waals surface area contributed by atoms with E-state index in [9.17, 15) is 18.0 Å². The number of amides is 1. The number of benzene rings is 1. The zero-order chi connectivity index (χ0) is 19.2. The van der Waals surface area contributed by atoms with E-state index in [1.54, 1.807) is 0 Å². The Morgan fingerprint density at radius 2 is 2.00 bits per heavy atom. The number of nitrogens with zero attached hydrogens (tertiary/aromatic N) is 1. The van der Waals surface area contributed by atoms with Crippen molar-refractivity contribution < 1.29 is 27.9 Å². The minimum Gasteiger partial charge on any atom is -0.480 e. The third-order valence-corrected chi connectivity index (χ3v) is 5.48. The summed E-state index contributed by atoms with van der Waals surface area (Å²) in [7, 11) is -3.69. The Kier molecular flexibility index (Phi) is 7.13. The molecule has 1 fully saturated rings. The highest BCUT2D eigenvalue weighted by Crippen LogP contribution is 2.15. The van der Waals surface area contributed by atoms with Gasteiger partial charge in [0.1, 0.15) is 6.54 Å². The van der Waals surface area contributed by atoms with Crippen molar-refractivity contribution in [3.05, 3.63) is 29.8 Å². The quantitative estimate of drug-likeness (QED) is 0.659. The van der Waals surface area contributed by atoms with E-state index in [4.69, 9.17) is 9.84 Å². The van der Waals surface area contributed by atoms with Gasteiger partial charge in [-0.2, -0.15) is 0 Å². The minimum atomic E-state index is -3.69. The van der Waals surface area contributed by atoms with Gasteiger partial charge in [0, 0.05) is 25.3 Å². The van der Waals surface area contributed by atoms with Gasteiger partial charge in [-0.05, 0) is 43.5 Å². The smallest absolute Gasteiger partial charge is 0.323 e. The summed E-state index contributed by atoms with van der Waals surface area (Å²) >= 11 is 0. The van der Waals surface area contributed by atoms with Gasteiger partial charge in [0.2, 0.25) is 10.0 Å². The van der Waals surface area contributed by atoms with Gasteiger partial charge >= 0.3 is 5.97 Å². The molecule has 1 aromatic carbocycles. The molecular weight excluding hydrogens is 360 g/mol. The fraction of sp³-hybridized carbons (Fsp3) is 0.529. The number of hydrogen-bond donors (Lipinski definition) is 2. The van der Waals surface area contributed by atoms with E-state index in [1.165, 1.54) is 29.2 Å². The maximum Gasteiger partial charge on any atom is 0.323 e. The van der Waals surface area contributed by atoms with Crippen LogP contribution in [-0.4, -0.2) is 62.6 Å². The van der Waals surface area contributed by atoms with Crippen LogP contribution in [0.3, 0.4) is 0 Å². The largest absolute Gasteiger partial charge is 0.480 e. The molecule has 1 atom stereocenters. The van der Waals surface area contributed by atoms with Crippen LogP contribution in [0.5, 0.6) is 0 Å². The number of hydrogen-bond acceptors (Lipinski definition) is 5. The number of sulfonamides is 1. The molecule has 1 unspecified atom stereocenters. The zero-order valence-electron chi connectivity index (χ0n) is 14.7. The first-order valence-electron chi connectivity index (χ1n) is 8.56. The first-order chi connectivity index (χ1) is 12.3. The van der Waals surface area contributed by atoms with Crippen LogP contribution in [0, 0.1) is 0 Å². The molecule has 8 nitrogen and oxygen atoms in total. The molecule has 1 aliphatic heterocycles. The minimum absolute atomic E-state index is 0.0484. The summed E-state index contributed by atoms with van der Waals surface area (Å²) < 4.78 is 32.5. The highest BCUT2D eigenvalue weighted by molar-refractivity contribution is 7.89. The molecule has 0 bridgehead atoms. The van der Waals surface area contributed by atoms with Gasteiger partial charge in [0.15, 0.2) is 0 Å². The maximum absolute atomic E-state index is 12.4. The predicted octanol–water partition coefficient (Wildman–Crippen LogP) is 1.08. The average molecular weight is 384 g/mol. The lowest BCUT2D eigenvalue weighted by Gasteiger charge is -2.20. The van der Waals surface area contributed by atoms with Gasteiger partial charge in [-0.3, -0.25) is 9.59 Å². The number of carboxylic acids is 1. The van der Waals surface area contributed by atoms with E-state index < -0.39 is 28.4 Å². The van der Waals surface area contributed by atoms with Gasteiger partial charge in [0.25, 0.3) is 5.91 Å². The molecule has 2 N–H and O–H groups in total. The Morgan fingerprint density at radius 3 is 2.54 bits per heavy atom. The molecule has 1 heterocycles. The number of ether oxygens (including phenoxy) is 1. The second-order valence-corrected chi connectivity index (χ2v) is 7.90. The number of rotatable bonds is 9. The van der Waals surface area contributed by atoms with Crippen LogP contribution < -0.4 is 4.72 Å². The molecule has 1 saturated heterocycles. The Balaban J connectivity index is 2.05. The molecule has 1 aliphatic rings. The van der Waals surface area contributed by atoms with Crippen LogP contribution in [-0.2, 0) is 19.6 Å². The summed E-state index contributed by atoms with van der Waals surface area (Å²) in [5.74, 6) is -1.53. The molecule has 144 valence electrons. The summed E-state index contributed by atoms with van der Waals surface area (Å²) in [5, 5.41) is 8.91. The van der Waals surface area contributed by atoms with Gasteiger partial charge in [0.05, 0.1) is 11.0 Å². The van der Waals surface area contributed by atoms with Crippen LogP contribution in [0.2, 0.25) is 0 Å². The number of carbonyl (C=O) groups is 2. The van der Waals surface area contributed by atoms with E-state index in [0.29, 0.717) is 19.6 Å². The van der Waals surface area contributed by atoms with E-state index in [-0.39, 0.29) is 23.1 Å². The van der Waals surface area contributed by atoms with Crippen molar-refractivity contribution in [1.29, 1.82) is 0 Å². The summed E-state index contributed by atoms with van der Waals surface area (Å²) in [5.41, 5.74) is 0.248. The van der Waals surface area contributed by atoms with E-state index in [0.717, 1.165) is 12.8 Å². The Hall–Kier alpha value is -1.97. The van der Waals surface area contributed by atoms with Crippen molar-refractivity contribution in [2.24, 2.45) is 0 Å². The predicted molar refractivity (Wildman–Crippen MR) is 94.4 cm³/mol. The number of carboxylic acid groups (broad SMARTS) is 1. The normalized spacial score (nSPS) is 17.2. The van der Waals surface area contributed by atoms with Crippen molar-refractivity contribution in [3.8, 4) is 0 Å². The average Bonchev–Trinajstić information content (AvgIpc) is 3.12. The molecule has 0 radical (unpaired) electrons. The van der Waals surface area contributed by atoms with Crippen LogP contribution in [0.15, 0.2) is 29.2 Å². The van der Waals surface area contributed by atoms with Crippen molar-refractivity contribution in [2.45, 2.75) is 37.2 Å². The molecule has 0 saturated carbocycles. The van der Waals surface area contributed by atoms with Crippen molar-refractivity contribution in [1.82, 2.24) is 9.62 Å². The number of nitrogens with one attached hydrogen (secondary N) is 1. The molecule has 9 heteroatoms. The van der Waals surface area contributed by atoms with Crippen molar-refractivity contribution >= 4 is 21.9 Å². The fourth-order valence-corrected chi connectivity index (χ4v) is 3.80. The lowest BCUT2D eigenvalue weighted by atomic mass is 10.2. The van der Waals surface area contributed by atoms with E-state index in [2.05, 4.69) is 4.72 Å². The second kappa shape index (κ2) is 9.11. The third kappa shape index (κ3) is 5.52. The molecule has 1 amide bonds. The first kappa shape index (κ1) is 20.3. The first-order valence-corrected chi connectivity index (χ1v) is 10.0. The molecule has 0 aromatic heterocycles. The number of aliphatic carboxylic acids is 1. The molecule has 0 aliphatic carbocycles. The maximum atomic E-state index is 12.4. The Bertz CT molecular complexity index is 726. The van der Waals surface area contributed by atoms with Crippen molar-refractivity contribution in [2.75, 3.05) is 26.2 Å². The molecule has 26 heavy (non-hydrogen) atoms. The van der Waals surface area contributed by atoms with Gasteiger partial charge < -0.3 is 14.7 Å². The van der Waals surface area contributed by atoms with Crippen LogP contribution in [0.25, 0.3) is 0 Å². The third-order valence-electron chi connectivity index (χ3n) is 4.04. The van der Waals surface area contributed by atoms with Crippen LogP contribution >= 0.6 is 0 Å². The number of carbonyl (C=O) groups excluding carboxylic acids is 1. The highest BCUT2D eigenvalue weighted by atomic mass is 32.2. The molecule has 0 spiro atoms. The Labute approximate surface area is 153 Å². The fourth-order valence-electron chi connectivity index (χ4n) is 2.74. The Morgan fingerprint density at radius 1 is 1.31 bits per heavy atom. The highest BCUT2D eigenvalue weighted by Gasteiger charge is 2.22. The topological polar surface area (TPSA) is 113 Å². The lowest BCUT2D eigenvalue weighted by Crippen LogP contribution is -2.36. The van der Waals surface area contributed by atoms with Crippen molar-refractivity contribution in [3.63, 3.8) is 0 Å². The van der Waals surface area contributed by atoms with Crippen LogP contribution in [0.1, 0.15) is 36.5 Å². The monoisotopic (exact) mass is 384 g/mol. The van der Waals surface area contributed by atoms with E-state index in [1.807, 2.05) is 6.92 Å². The summed E-state index contributed by atoms with van der Waals surface area (Å²) in [6, 6.07) is 5.48. The standard InChI is InChI=1S/C17H24N2O6S/c1-2-9-19(12-16(20)21)17(22)13-5-7-15(8-6-13)26(23,24)18-11-14-4-3-10-25-14/h5-8,14,18H,2-4,9-12H2,1H3,(H,20,21). The summed E-state index contributed by atoms with van der Waals surface area (Å²) in [4.78, 5) is 24.6. The molecule has 1 aromatic rings. The summed E-state index contributed by atoms with van der Waals surface area (Å²) in [6.07, 6.45) is 2.27. The lowest BCUT2D eigenvalue weighted by molar-refractivity contribution is -0.137. The second-order valence-electron chi connectivity index (χ2n) is 6.13. The molecular formula is C17H24N2O6S. The van der Waals surface area contributed by atoms with Gasteiger partial charge in [-0.15, -0.1) is 0 Å². The van der Waals surface area contributed by atoms with Gasteiger partial charge in [-0.1, -0.05) is 6.92 Å². The summed E-state index contributed by atoms with van der Waals surface area (Å²) in [6.45, 7) is 2.63. The van der Waals surface area contributed by atoms with Gasteiger partial charge in [-0.25, -0.2) is 13.1 Å². The van der Waals surface area contributed by atoms with Crippen LogP contribution in [0.4, 0.5) is 0 Å². The SMILES string of the molecule is CCCN(CC(=O)O)C(=O)c1ccc(S(=O)(=O)NCC2CCCO2)cc1. The van der Waals surface area contributed by atoms with E-state index >= 15 is 0 Å². The zero-order valence-corrected chi connectivity index (χ0v) is 15.5.